The molecule has 3 amide bonds. The molecule has 0 saturated carbocycles. The number of fused-ring (bicyclic) bond motifs is 3. The molecule has 3 atom stereocenters. The second-order valence-electron chi connectivity index (χ2n) is 19.0. The zero-order valence-corrected chi connectivity index (χ0v) is 49.5. The summed E-state index contributed by atoms with van der Waals surface area (Å²) >= 11 is 6.42. The van der Waals surface area contributed by atoms with Gasteiger partial charge in [0.1, 0.15) is 11.5 Å². The molecule has 0 aliphatic carbocycles. The second kappa shape index (κ2) is 30.5. The van der Waals surface area contributed by atoms with Gasteiger partial charge >= 0.3 is 0 Å². The summed E-state index contributed by atoms with van der Waals surface area (Å²) in [5.74, 6) is 1.82. The van der Waals surface area contributed by atoms with Gasteiger partial charge in [0.05, 0.1) is 73.8 Å². The topological polar surface area (TPSA) is 180 Å². The van der Waals surface area contributed by atoms with Crippen molar-refractivity contribution in [3.05, 3.63) is 182 Å². The molecule has 3 heterocycles. The fourth-order valence-corrected chi connectivity index (χ4v) is 10.2. The second-order valence-corrected chi connectivity index (χ2v) is 19.4. The lowest BCUT2D eigenvalue weighted by Gasteiger charge is -2.19. The predicted octanol–water partition coefficient (Wildman–Crippen LogP) is 13.4. The van der Waals surface area contributed by atoms with Crippen molar-refractivity contribution in [3.8, 4) is 34.5 Å². The maximum Gasteiger partial charge on any atom is 0.247 e. The van der Waals surface area contributed by atoms with Gasteiger partial charge in [0.15, 0.2) is 34.5 Å². The summed E-state index contributed by atoms with van der Waals surface area (Å²) < 4.78 is 49.1. The average Bonchev–Trinajstić information content (AvgIpc) is 3.35. The first-order chi connectivity index (χ1) is 40.4. The van der Waals surface area contributed by atoms with Gasteiger partial charge in [-0.1, -0.05) is 105 Å². The van der Waals surface area contributed by atoms with Crippen LogP contribution in [0.1, 0.15) is 156 Å². The molecular formula is C66H74ClFN6O9. The minimum Gasteiger partial charge on any atom is -0.490 e. The van der Waals surface area contributed by atoms with Crippen LogP contribution in [0.4, 0.5) is 4.39 Å². The van der Waals surface area contributed by atoms with E-state index in [2.05, 4.69) is 55.9 Å². The van der Waals surface area contributed by atoms with Crippen molar-refractivity contribution in [1.29, 1.82) is 0 Å². The fraction of sp³-hybridized carbons (Fsp3) is 0.333. The van der Waals surface area contributed by atoms with Gasteiger partial charge in [-0.3, -0.25) is 14.4 Å². The summed E-state index contributed by atoms with van der Waals surface area (Å²) in [7, 11) is 0. The molecule has 3 aliphatic heterocycles. The highest BCUT2D eigenvalue weighted by Crippen LogP contribution is 2.41. The number of hydrazone groups is 3. The molecule has 17 heteroatoms. The highest BCUT2D eigenvalue weighted by molar-refractivity contribution is 6.35. The Hall–Kier alpha value is -8.50. The highest BCUT2D eigenvalue weighted by atomic mass is 35.5. The molecule has 0 radical (unpaired) electrons. The van der Waals surface area contributed by atoms with E-state index >= 15 is 0 Å². The lowest BCUT2D eigenvalue weighted by atomic mass is 9.87. The largest absolute Gasteiger partial charge is 0.490 e. The van der Waals surface area contributed by atoms with E-state index in [9.17, 15) is 18.8 Å². The third-order valence-corrected chi connectivity index (χ3v) is 14.1. The van der Waals surface area contributed by atoms with Crippen LogP contribution in [0.5, 0.6) is 34.5 Å². The zero-order valence-electron chi connectivity index (χ0n) is 48.7. The maximum absolute atomic E-state index is 14.5. The number of nitrogens with one attached hydrogen (secondary N) is 3. The van der Waals surface area contributed by atoms with E-state index in [-0.39, 0.29) is 29.6 Å². The van der Waals surface area contributed by atoms with Crippen LogP contribution in [0.25, 0.3) is 6.08 Å². The lowest BCUT2D eigenvalue weighted by Crippen LogP contribution is -2.23. The van der Waals surface area contributed by atoms with E-state index in [1.165, 1.54) is 6.07 Å². The van der Waals surface area contributed by atoms with Crippen molar-refractivity contribution in [3.63, 3.8) is 0 Å². The molecule has 3 N–H and O–H groups in total. The maximum atomic E-state index is 14.5. The number of hydrogen-bond acceptors (Lipinski definition) is 12. The Morgan fingerprint density at radius 2 is 0.807 bits per heavy atom. The molecule has 0 fully saturated rings. The summed E-state index contributed by atoms with van der Waals surface area (Å²) in [6, 6.07) is 35.3. The van der Waals surface area contributed by atoms with Crippen LogP contribution in [0, 0.1) is 5.82 Å². The highest BCUT2D eigenvalue weighted by Gasteiger charge is 2.33. The van der Waals surface area contributed by atoms with Crippen molar-refractivity contribution in [1.82, 2.24) is 16.3 Å². The Balaban J connectivity index is 0.000000179. The smallest absolute Gasteiger partial charge is 0.247 e. The Kier molecular flexibility index (Phi) is 22.8. The third kappa shape index (κ3) is 15.0. The van der Waals surface area contributed by atoms with E-state index < -0.39 is 11.7 Å². The van der Waals surface area contributed by atoms with Crippen LogP contribution >= 0.6 is 11.6 Å². The SMILES string of the molecule is CCOc1cc2c(cc1OCC)C(CC)C(=O)NN=C2CC=Cc1ccccc1.CCOc1cc2c(cc1OCC)C(CC)C(=O)NN=C2c1ccccc1Cl.CCOc1cc2c(cc1OCC)C(CC)C(=O)NN=C2c1ccccc1F. The normalized spacial score (nSPS) is 16.1. The van der Waals surface area contributed by atoms with E-state index in [4.69, 9.17) is 40.0 Å². The molecule has 0 bridgehead atoms. The summed E-state index contributed by atoms with van der Waals surface area (Å²) in [6.45, 7) is 20.4. The number of ether oxygens (including phenoxy) is 6. The van der Waals surface area contributed by atoms with Gasteiger partial charge in [0, 0.05) is 34.2 Å². The molecule has 6 aromatic carbocycles. The summed E-state index contributed by atoms with van der Waals surface area (Å²) in [4.78, 5) is 37.8. The van der Waals surface area contributed by atoms with Gasteiger partial charge in [-0.05, 0) is 138 Å². The Morgan fingerprint density at radius 3 is 1.23 bits per heavy atom. The summed E-state index contributed by atoms with van der Waals surface area (Å²) in [6.07, 6.45) is 6.62. The molecule has 436 valence electrons. The molecule has 15 nitrogen and oxygen atoms in total. The van der Waals surface area contributed by atoms with Gasteiger partial charge < -0.3 is 28.4 Å². The van der Waals surface area contributed by atoms with Gasteiger partial charge in [-0.2, -0.15) is 15.3 Å². The first-order valence-corrected chi connectivity index (χ1v) is 28.9. The van der Waals surface area contributed by atoms with Gasteiger partial charge in [0.25, 0.3) is 0 Å². The van der Waals surface area contributed by atoms with Crippen LogP contribution in [0.2, 0.25) is 5.02 Å². The number of benzene rings is 6. The van der Waals surface area contributed by atoms with Crippen LogP contribution < -0.4 is 44.7 Å². The summed E-state index contributed by atoms with van der Waals surface area (Å²) in [5, 5.41) is 13.6. The molecular weight excluding hydrogens is 1080 g/mol. The number of amides is 3. The molecule has 0 aromatic heterocycles. The number of rotatable bonds is 20. The van der Waals surface area contributed by atoms with E-state index in [0.29, 0.717) is 127 Å². The standard InChI is InChI=1S/C24H28N2O3.C21H23ClN2O3.C21H23FN2O3/c1-4-18-19-15-22(28-5-2)23(29-6-3)16-20(19)21(25-26-24(18)27)14-10-13-17-11-8-7-9-12-17;2*1-4-13-15-11-18(26-5-2)19(27-6-3)12-16(15)20(23-24-21(13)25)14-9-7-8-10-17(14)22/h7-13,15-16,18H,4-6,14H2,1-3H3,(H,26,27);2*7-13H,4-6H2,1-3H3,(H,24,25). The van der Waals surface area contributed by atoms with Crippen LogP contribution in [0.15, 0.2) is 137 Å². The van der Waals surface area contributed by atoms with Gasteiger partial charge in [0.2, 0.25) is 17.7 Å². The number of allylic oxidation sites excluding steroid dienone is 1. The molecule has 83 heavy (non-hydrogen) atoms. The van der Waals surface area contributed by atoms with Crippen molar-refractivity contribution in [2.75, 3.05) is 39.6 Å². The monoisotopic (exact) mass is 1150 g/mol. The minimum atomic E-state index is -0.414. The zero-order chi connectivity index (χ0) is 59.4. The first-order valence-electron chi connectivity index (χ1n) is 28.5. The third-order valence-electron chi connectivity index (χ3n) is 13.8. The molecule has 3 aliphatic rings. The lowest BCUT2D eigenvalue weighted by molar-refractivity contribution is -0.123. The van der Waals surface area contributed by atoms with Crippen LogP contribution in [-0.4, -0.2) is 74.5 Å². The van der Waals surface area contributed by atoms with Crippen molar-refractivity contribution in [2.45, 2.75) is 106 Å². The van der Waals surface area contributed by atoms with Crippen LogP contribution in [-0.2, 0) is 14.4 Å². The van der Waals surface area contributed by atoms with E-state index in [0.717, 1.165) is 44.7 Å². The number of halogens is 2. The van der Waals surface area contributed by atoms with Crippen molar-refractivity contribution < 1.29 is 47.2 Å². The number of nitrogens with zero attached hydrogens (tertiary/aromatic N) is 3. The average molecular weight is 1150 g/mol. The number of carbonyl (C=O) groups is 3. The molecule has 3 unspecified atom stereocenters. The summed E-state index contributed by atoms with van der Waals surface area (Å²) in [5.41, 5.74) is 16.9. The predicted molar refractivity (Wildman–Crippen MR) is 326 cm³/mol. The van der Waals surface area contributed by atoms with Crippen molar-refractivity contribution in [2.24, 2.45) is 15.3 Å². The molecule has 0 spiro atoms. The fourth-order valence-electron chi connectivity index (χ4n) is 10.0. The number of carbonyl (C=O) groups excluding carboxylic acids is 3. The number of hydrogen-bond donors (Lipinski definition) is 3. The van der Waals surface area contributed by atoms with E-state index in [1.54, 1.807) is 30.3 Å². The first kappa shape index (κ1) is 62.1. The molecule has 9 rings (SSSR count). The Bertz CT molecular complexity index is 3220. The Labute approximate surface area is 491 Å². The van der Waals surface area contributed by atoms with Crippen molar-refractivity contribution >= 4 is 52.5 Å². The van der Waals surface area contributed by atoms with Gasteiger partial charge in [-0.25, -0.2) is 20.7 Å². The van der Waals surface area contributed by atoms with Crippen LogP contribution in [0.3, 0.4) is 0 Å². The van der Waals surface area contributed by atoms with Gasteiger partial charge in [-0.15, -0.1) is 0 Å². The Morgan fingerprint density at radius 1 is 0.446 bits per heavy atom. The van der Waals surface area contributed by atoms with E-state index in [1.807, 2.05) is 129 Å². The minimum absolute atomic E-state index is 0.0950. The quantitative estimate of drug-likeness (QED) is 0.0670. The molecule has 6 aromatic rings. The molecule has 0 saturated heterocycles.